The summed E-state index contributed by atoms with van der Waals surface area (Å²) in [6, 6.07) is 49.7. The van der Waals surface area contributed by atoms with Crippen molar-refractivity contribution in [2.24, 2.45) is 0 Å². The summed E-state index contributed by atoms with van der Waals surface area (Å²) in [6.07, 6.45) is 0. The van der Waals surface area contributed by atoms with Crippen molar-refractivity contribution < 1.29 is 0 Å². The fourth-order valence-electron chi connectivity index (χ4n) is 7.11. The zero-order valence-electron chi connectivity index (χ0n) is 25.7. The van der Waals surface area contributed by atoms with E-state index in [1.165, 1.54) is 98.3 Å². The number of benzene rings is 8. The molecule has 0 saturated heterocycles. The van der Waals surface area contributed by atoms with Crippen molar-refractivity contribution >= 4 is 96.3 Å². The molecule has 0 spiro atoms. The Morgan fingerprint density at radius 2 is 0.773 bits per heavy atom. The molecule has 8 rings (SSSR count). The average Bonchev–Trinajstić information content (AvgIpc) is 3.05. The summed E-state index contributed by atoms with van der Waals surface area (Å²) < 4.78 is 0. The second-order valence-electron chi connectivity index (χ2n) is 12.4. The summed E-state index contributed by atoms with van der Waals surface area (Å²) in [4.78, 5) is 0. The van der Waals surface area contributed by atoms with Crippen LogP contribution < -0.4 is 21.9 Å². The van der Waals surface area contributed by atoms with E-state index in [1.807, 2.05) is 0 Å². The van der Waals surface area contributed by atoms with Crippen LogP contribution in [0.2, 0.25) is 0 Å². The third kappa shape index (κ3) is 4.20. The van der Waals surface area contributed by atoms with Gasteiger partial charge in [0.05, 0.1) is 0 Å². The number of hydrogen-bond acceptors (Lipinski definition) is 0. The van der Waals surface area contributed by atoms with Crippen LogP contribution in [-0.4, -0.2) is 31.4 Å². The lowest BCUT2D eigenvalue weighted by molar-refractivity contribution is 1.64. The maximum atomic E-state index is 2.43. The van der Waals surface area contributed by atoms with Gasteiger partial charge in [-0.1, -0.05) is 143 Å². The minimum Gasteiger partial charge on any atom is -0.0945 e. The molecule has 0 amide bonds. The Morgan fingerprint density at radius 1 is 0.295 bits per heavy atom. The maximum absolute atomic E-state index is 2.43. The standard InChI is InChI=1S/C40H30B4/c41-35-19-31-33(21-37(35)43)40(29-16-8-13-23-11-4-6-14-27(23)29)34-22-38(44)36(42)20-32(34)39(31)26-17-25-12-5-7-15-28(25)30(18-26)24-9-2-1-3-10-24/h1-22H,41-44H2. The van der Waals surface area contributed by atoms with Crippen LogP contribution in [0.4, 0.5) is 0 Å². The predicted molar refractivity (Wildman–Crippen MR) is 205 cm³/mol. The Hall–Kier alpha value is -4.94. The summed E-state index contributed by atoms with van der Waals surface area (Å²) >= 11 is 0. The maximum Gasteiger partial charge on any atom is 0.138 e. The van der Waals surface area contributed by atoms with Gasteiger partial charge in [-0.05, 0) is 88.6 Å². The Kier molecular flexibility index (Phi) is 6.27. The minimum atomic E-state index is 1.24. The van der Waals surface area contributed by atoms with Gasteiger partial charge >= 0.3 is 0 Å². The molecule has 44 heavy (non-hydrogen) atoms. The molecule has 0 N–H and O–H groups in total. The number of hydrogen-bond donors (Lipinski definition) is 0. The van der Waals surface area contributed by atoms with E-state index in [2.05, 4.69) is 165 Å². The molecule has 0 nitrogen and oxygen atoms in total. The van der Waals surface area contributed by atoms with Gasteiger partial charge in [-0.3, -0.25) is 0 Å². The molecule has 202 valence electrons. The van der Waals surface area contributed by atoms with Crippen LogP contribution in [-0.2, 0) is 0 Å². The molecule has 0 heterocycles. The molecular weight excluding hydrogens is 524 g/mol. The molecule has 0 bridgehead atoms. The van der Waals surface area contributed by atoms with E-state index in [1.54, 1.807) is 0 Å². The van der Waals surface area contributed by atoms with Crippen molar-refractivity contribution in [2.45, 2.75) is 0 Å². The van der Waals surface area contributed by atoms with Crippen molar-refractivity contribution in [3.8, 4) is 33.4 Å². The molecule has 4 heteroatoms. The van der Waals surface area contributed by atoms with Gasteiger partial charge in [0, 0.05) is 0 Å². The number of rotatable bonds is 3. The molecule has 0 aliphatic carbocycles. The van der Waals surface area contributed by atoms with Gasteiger partial charge in [0.1, 0.15) is 31.4 Å². The van der Waals surface area contributed by atoms with Crippen LogP contribution >= 0.6 is 0 Å². The first kappa shape index (κ1) is 26.7. The molecule has 0 aliphatic rings. The Bertz CT molecular complexity index is 2350. The second-order valence-corrected chi connectivity index (χ2v) is 12.4. The van der Waals surface area contributed by atoms with Crippen molar-refractivity contribution in [3.05, 3.63) is 133 Å². The van der Waals surface area contributed by atoms with Crippen LogP contribution in [0.15, 0.2) is 133 Å². The first-order valence-corrected chi connectivity index (χ1v) is 15.5. The Balaban J connectivity index is 1.59. The van der Waals surface area contributed by atoms with Gasteiger partial charge in [-0.15, -0.1) is 0 Å². The second kappa shape index (κ2) is 10.4. The van der Waals surface area contributed by atoms with E-state index in [4.69, 9.17) is 0 Å². The summed E-state index contributed by atoms with van der Waals surface area (Å²) in [7, 11) is 8.98. The predicted octanol–water partition coefficient (Wildman–Crippen LogP) is 4.33. The van der Waals surface area contributed by atoms with Gasteiger partial charge in [-0.2, -0.15) is 0 Å². The summed E-state index contributed by atoms with van der Waals surface area (Å²) in [5.41, 5.74) is 13.0. The molecular formula is C40H30B4. The van der Waals surface area contributed by atoms with E-state index >= 15 is 0 Å². The fraction of sp³-hybridized carbons (Fsp3) is 0. The minimum absolute atomic E-state index is 1.24. The molecule has 0 atom stereocenters. The average molecular weight is 554 g/mol. The monoisotopic (exact) mass is 554 g/mol. The third-order valence-electron chi connectivity index (χ3n) is 9.64. The molecule has 0 radical (unpaired) electrons. The van der Waals surface area contributed by atoms with Gasteiger partial charge in [-0.25, -0.2) is 0 Å². The zero-order chi connectivity index (χ0) is 29.9. The first-order valence-electron chi connectivity index (χ1n) is 15.5. The molecule has 8 aromatic carbocycles. The van der Waals surface area contributed by atoms with Gasteiger partial charge < -0.3 is 0 Å². The van der Waals surface area contributed by atoms with Crippen molar-refractivity contribution in [1.29, 1.82) is 0 Å². The van der Waals surface area contributed by atoms with Crippen molar-refractivity contribution in [2.75, 3.05) is 0 Å². The third-order valence-corrected chi connectivity index (χ3v) is 9.64. The smallest absolute Gasteiger partial charge is 0.0945 e. The van der Waals surface area contributed by atoms with Gasteiger partial charge in [0.2, 0.25) is 0 Å². The summed E-state index contributed by atoms with van der Waals surface area (Å²) in [5.74, 6) is 0. The largest absolute Gasteiger partial charge is 0.138 e. The SMILES string of the molecule is Bc1cc2c(-c3cc(-c4ccccc4)c4ccccc4c3)c3cc(B)c(B)cc3c(-c3cccc4ccccc34)c2cc1B. The van der Waals surface area contributed by atoms with E-state index < -0.39 is 0 Å². The normalized spacial score (nSPS) is 11.5. The quantitative estimate of drug-likeness (QED) is 0.226. The van der Waals surface area contributed by atoms with E-state index in [9.17, 15) is 0 Å². The first-order chi connectivity index (χ1) is 21.5. The molecule has 0 fully saturated rings. The molecule has 0 saturated carbocycles. The highest BCUT2D eigenvalue weighted by Crippen LogP contribution is 2.46. The summed E-state index contributed by atoms with van der Waals surface area (Å²) in [6.45, 7) is 0. The Morgan fingerprint density at radius 3 is 1.39 bits per heavy atom. The Labute approximate surface area is 262 Å². The highest BCUT2D eigenvalue weighted by atomic mass is 14.2. The van der Waals surface area contributed by atoms with E-state index in [0.717, 1.165) is 0 Å². The molecule has 0 aromatic heterocycles. The number of fused-ring (bicyclic) bond motifs is 4. The molecule has 0 unspecified atom stereocenters. The summed E-state index contributed by atoms with van der Waals surface area (Å²) in [5, 5.41) is 10.3. The van der Waals surface area contributed by atoms with Crippen molar-refractivity contribution in [3.63, 3.8) is 0 Å². The fourth-order valence-corrected chi connectivity index (χ4v) is 7.11. The van der Waals surface area contributed by atoms with Crippen molar-refractivity contribution in [1.82, 2.24) is 0 Å². The molecule has 8 aromatic rings. The topological polar surface area (TPSA) is 0 Å². The van der Waals surface area contributed by atoms with Gasteiger partial charge in [0.15, 0.2) is 0 Å². The van der Waals surface area contributed by atoms with E-state index in [0.29, 0.717) is 0 Å². The molecule has 0 aliphatic heterocycles. The van der Waals surface area contributed by atoms with E-state index in [-0.39, 0.29) is 0 Å². The van der Waals surface area contributed by atoms with Crippen LogP contribution in [0.25, 0.3) is 76.5 Å². The van der Waals surface area contributed by atoms with Crippen LogP contribution in [0.5, 0.6) is 0 Å². The van der Waals surface area contributed by atoms with Crippen LogP contribution in [0.1, 0.15) is 0 Å². The lowest BCUT2D eigenvalue weighted by Crippen LogP contribution is -2.26. The van der Waals surface area contributed by atoms with Crippen LogP contribution in [0.3, 0.4) is 0 Å². The highest BCUT2D eigenvalue weighted by Gasteiger charge is 2.21. The lowest BCUT2D eigenvalue weighted by Gasteiger charge is -2.22. The highest BCUT2D eigenvalue weighted by molar-refractivity contribution is 6.51. The zero-order valence-corrected chi connectivity index (χ0v) is 25.7. The lowest BCUT2D eigenvalue weighted by atomic mass is 9.73. The van der Waals surface area contributed by atoms with Gasteiger partial charge in [0.25, 0.3) is 0 Å². The van der Waals surface area contributed by atoms with Crippen LogP contribution in [0, 0.1) is 0 Å².